The van der Waals surface area contributed by atoms with E-state index in [0.717, 1.165) is 60.7 Å². The minimum absolute atomic E-state index is 0.0821. The zero-order valence-electron chi connectivity index (χ0n) is 23.3. The highest BCUT2D eigenvalue weighted by molar-refractivity contribution is 6.05. The lowest BCUT2D eigenvalue weighted by molar-refractivity contribution is -0.136. The van der Waals surface area contributed by atoms with Crippen LogP contribution in [0.4, 0.5) is 0 Å². The number of aromatic nitrogens is 2. The number of methoxy groups -OCH3 is 1. The fraction of sp³-hybridized carbons (Fsp3) is 0.419. The highest BCUT2D eigenvalue weighted by Crippen LogP contribution is 2.49. The van der Waals surface area contributed by atoms with E-state index in [-0.39, 0.29) is 23.7 Å². The van der Waals surface area contributed by atoms with Gasteiger partial charge in [0, 0.05) is 53.9 Å². The van der Waals surface area contributed by atoms with E-state index in [9.17, 15) is 14.4 Å². The first kappa shape index (κ1) is 25.8. The maximum Gasteiger partial charge on any atom is 0.255 e. The number of aryl methyl sites for hydroxylation is 1. The first-order valence-electron chi connectivity index (χ1n) is 14.2. The molecule has 2 saturated heterocycles. The topological polar surface area (TPSA) is 106 Å². The van der Waals surface area contributed by atoms with Gasteiger partial charge in [0.1, 0.15) is 17.5 Å². The standard InChI is InChI=1S/C31H33N5O5/c1-34-16-21(14-32-34)20-11-19(12-22(13-20)40-2)15-35-9-7-31(8-10-35)18-41-28-24-17-36(26-5-6-27(37)33-29(26)38)30(39)23(24)3-4-25(28)31/h3-4,11-14,16,26H,5-10,15,17-18H2,1-2H3,(H,33,37,38)/t26-/m0/s1. The summed E-state index contributed by atoms with van der Waals surface area (Å²) in [5.41, 5.74) is 5.92. The van der Waals surface area contributed by atoms with Crippen molar-refractivity contribution in [3.63, 3.8) is 0 Å². The monoisotopic (exact) mass is 555 g/mol. The molecule has 1 aromatic heterocycles. The van der Waals surface area contributed by atoms with Gasteiger partial charge in [-0.2, -0.15) is 5.10 Å². The van der Waals surface area contributed by atoms with Crippen LogP contribution >= 0.6 is 0 Å². The number of hydrogen-bond donors (Lipinski definition) is 1. The highest BCUT2D eigenvalue weighted by Gasteiger charge is 2.47. The van der Waals surface area contributed by atoms with Crippen LogP contribution in [-0.2, 0) is 35.1 Å². The lowest BCUT2D eigenvalue weighted by atomic mass is 9.74. The van der Waals surface area contributed by atoms with Crippen molar-refractivity contribution in [2.24, 2.45) is 7.05 Å². The number of fused-ring (bicyclic) bond motifs is 4. The Balaban J connectivity index is 1.07. The summed E-state index contributed by atoms with van der Waals surface area (Å²) >= 11 is 0. The number of carbonyl (C=O) groups is 3. The Hall–Kier alpha value is -4.18. The van der Waals surface area contributed by atoms with Crippen molar-refractivity contribution < 1.29 is 23.9 Å². The molecule has 2 aromatic carbocycles. The summed E-state index contributed by atoms with van der Waals surface area (Å²) in [6, 6.07) is 9.70. The Morgan fingerprint density at radius 2 is 1.95 bits per heavy atom. The molecule has 5 heterocycles. The van der Waals surface area contributed by atoms with E-state index in [1.165, 1.54) is 11.1 Å². The van der Waals surface area contributed by atoms with Crippen molar-refractivity contribution in [1.82, 2.24) is 24.9 Å². The van der Waals surface area contributed by atoms with Gasteiger partial charge in [-0.25, -0.2) is 0 Å². The van der Waals surface area contributed by atoms with Gasteiger partial charge in [-0.3, -0.25) is 29.3 Å². The van der Waals surface area contributed by atoms with Crippen molar-refractivity contribution in [2.45, 2.75) is 50.2 Å². The van der Waals surface area contributed by atoms with Crippen LogP contribution in [0, 0.1) is 0 Å². The number of piperidine rings is 2. The van der Waals surface area contributed by atoms with Crippen LogP contribution in [0.5, 0.6) is 11.5 Å². The molecule has 10 nitrogen and oxygen atoms in total. The second-order valence-electron chi connectivity index (χ2n) is 11.7. The van der Waals surface area contributed by atoms with Crippen LogP contribution in [0.2, 0.25) is 0 Å². The molecule has 7 rings (SSSR count). The van der Waals surface area contributed by atoms with E-state index in [1.807, 2.05) is 31.6 Å². The van der Waals surface area contributed by atoms with Crippen LogP contribution in [-0.4, -0.2) is 70.1 Å². The molecule has 0 bridgehead atoms. The number of amides is 3. The zero-order valence-corrected chi connectivity index (χ0v) is 23.3. The highest BCUT2D eigenvalue weighted by atomic mass is 16.5. The molecular weight excluding hydrogens is 522 g/mol. The summed E-state index contributed by atoms with van der Waals surface area (Å²) in [6.07, 6.45) is 6.39. The second-order valence-corrected chi connectivity index (χ2v) is 11.7. The maximum absolute atomic E-state index is 13.3. The van der Waals surface area contributed by atoms with Crippen LogP contribution in [0.15, 0.2) is 42.7 Å². The van der Waals surface area contributed by atoms with Crippen LogP contribution in [0.1, 0.15) is 52.7 Å². The van der Waals surface area contributed by atoms with Crippen LogP contribution in [0.3, 0.4) is 0 Å². The summed E-state index contributed by atoms with van der Waals surface area (Å²) < 4.78 is 13.7. The van der Waals surface area contributed by atoms with Crippen molar-refractivity contribution >= 4 is 17.7 Å². The van der Waals surface area contributed by atoms with Gasteiger partial charge in [0.25, 0.3) is 5.91 Å². The SMILES string of the molecule is COc1cc(CN2CCC3(CC2)COc2c3ccc3c2CN([C@H]2CCC(=O)NC2=O)C3=O)cc(-c2cnn(C)c2)c1. The maximum atomic E-state index is 13.3. The largest absolute Gasteiger partial charge is 0.497 e. The Labute approximate surface area is 238 Å². The van der Waals surface area contributed by atoms with Crippen molar-refractivity contribution in [3.05, 3.63) is 65.0 Å². The van der Waals surface area contributed by atoms with Crippen molar-refractivity contribution in [2.75, 3.05) is 26.8 Å². The Morgan fingerprint density at radius 3 is 2.68 bits per heavy atom. The summed E-state index contributed by atoms with van der Waals surface area (Å²) in [5.74, 6) is 0.803. The minimum atomic E-state index is -0.628. The van der Waals surface area contributed by atoms with E-state index in [2.05, 4.69) is 33.5 Å². The van der Waals surface area contributed by atoms with Gasteiger partial charge in [-0.1, -0.05) is 6.07 Å². The van der Waals surface area contributed by atoms with Crippen LogP contribution in [0.25, 0.3) is 11.1 Å². The van der Waals surface area contributed by atoms with Gasteiger partial charge in [-0.05, 0) is 67.7 Å². The van der Waals surface area contributed by atoms with Crippen molar-refractivity contribution in [1.29, 1.82) is 0 Å². The molecular formula is C31H33N5O5. The predicted octanol–water partition coefficient (Wildman–Crippen LogP) is 2.78. The average Bonchev–Trinajstić information content (AvgIpc) is 3.66. The third-order valence-corrected chi connectivity index (χ3v) is 9.19. The first-order valence-corrected chi connectivity index (χ1v) is 14.2. The number of nitrogens with zero attached hydrogens (tertiary/aromatic N) is 4. The lowest BCUT2D eigenvalue weighted by Gasteiger charge is -2.38. The molecule has 2 fully saturated rings. The number of benzene rings is 2. The molecule has 41 heavy (non-hydrogen) atoms. The second kappa shape index (κ2) is 9.73. The van der Waals surface area contributed by atoms with E-state index in [4.69, 9.17) is 9.47 Å². The van der Waals surface area contributed by atoms with Gasteiger partial charge < -0.3 is 14.4 Å². The Bertz CT molecular complexity index is 1570. The molecule has 0 saturated carbocycles. The van der Waals surface area contributed by atoms with E-state index < -0.39 is 11.9 Å². The van der Waals surface area contributed by atoms with E-state index in [1.54, 1.807) is 16.7 Å². The molecule has 4 aliphatic rings. The summed E-state index contributed by atoms with van der Waals surface area (Å²) in [5, 5.41) is 6.69. The number of hydrogen-bond acceptors (Lipinski definition) is 7. The molecule has 4 aliphatic heterocycles. The number of carbonyl (C=O) groups excluding carboxylic acids is 3. The number of likely N-dealkylation sites (tertiary alicyclic amines) is 1. The molecule has 3 aromatic rings. The molecule has 0 unspecified atom stereocenters. The Morgan fingerprint density at radius 1 is 1.12 bits per heavy atom. The molecule has 10 heteroatoms. The fourth-order valence-electron chi connectivity index (χ4n) is 6.90. The van der Waals surface area contributed by atoms with E-state index in [0.29, 0.717) is 25.1 Å². The number of ether oxygens (including phenoxy) is 2. The van der Waals surface area contributed by atoms with Gasteiger partial charge >= 0.3 is 0 Å². The van der Waals surface area contributed by atoms with E-state index >= 15 is 0 Å². The summed E-state index contributed by atoms with van der Waals surface area (Å²) in [7, 11) is 3.61. The van der Waals surface area contributed by atoms with Gasteiger partial charge in [-0.15, -0.1) is 0 Å². The lowest BCUT2D eigenvalue weighted by Crippen LogP contribution is -2.52. The fourth-order valence-corrected chi connectivity index (χ4v) is 6.90. The third kappa shape index (κ3) is 4.37. The van der Waals surface area contributed by atoms with Gasteiger partial charge in [0.2, 0.25) is 11.8 Å². The molecule has 1 spiro atoms. The van der Waals surface area contributed by atoms with Crippen molar-refractivity contribution in [3.8, 4) is 22.6 Å². The molecule has 0 aliphatic carbocycles. The zero-order chi connectivity index (χ0) is 28.3. The molecule has 212 valence electrons. The summed E-state index contributed by atoms with van der Waals surface area (Å²) in [4.78, 5) is 41.4. The molecule has 1 atom stereocenters. The number of nitrogens with one attached hydrogen (secondary N) is 1. The minimum Gasteiger partial charge on any atom is -0.497 e. The molecule has 0 radical (unpaired) electrons. The van der Waals surface area contributed by atoms with Gasteiger partial charge in [0.15, 0.2) is 0 Å². The third-order valence-electron chi connectivity index (χ3n) is 9.19. The van der Waals surface area contributed by atoms with Crippen LogP contribution < -0.4 is 14.8 Å². The molecule has 1 N–H and O–H groups in total. The molecule has 3 amide bonds. The Kier molecular flexibility index (Phi) is 6.11. The summed E-state index contributed by atoms with van der Waals surface area (Å²) in [6.45, 7) is 3.62. The predicted molar refractivity (Wildman–Crippen MR) is 149 cm³/mol. The smallest absolute Gasteiger partial charge is 0.255 e. The normalized spacial score (nSPS) is 21.6. The quantitative estimate of drug-likeness (QED) is 0.483. The first-order chi connectivity index (χ1) is 19.8. The van der Waals surface area contributed by atoms with Gasteiger partial charge in [0.05, 0.1) is 26.5 Å². The number of imide groups is 1. The average molecular weight is 556 g/mol. The number of rotatable bonds is 5.